The Balaban J connectivity index is 1.34. The van der Waals surface area contributed by atoms with Crippen molar-refractivity contribution in [2.45, 2.75) is 32.8 Å². The average molecular weight is 343 g/mol. The SMILES string of the molecule is Cc1ccc(NC(=O)COC(=O)[C@H]2[C@@H]3C[C@H]4[C@@H]2C(=O)O[C@@H]4C3)c(C)c1. The van der Waals surface area contributed by atoms with Gasteiger partial charge in [0.2, 0.25) is 0 Å². The van der Waals surface area contributed by atoms with Crippen molar-refractivity contribution in [3.05, 3.63) is 29.3 Å². The van der Waals surface area contributed by atoms with Gasteiger partial charge in [0.15, 0.2) is 6.61 Å². The molecular weight excluding hydrogens is 322 g/mol. The molecule has 1 aliphatic heterocycles. The molecule has 25 heavy (non-hydrogen) atoms. The van der Waals surface area contributed by atoms with Crippen molar-refractivity contribution in [3.8, 4) is 0 Å². The molecule has 1 saturated heterocycles. The van der Waals surface area contributed by atoms with Crippen LogP contribution in [0.2, 0.25) is 0 Å². The third kappa shape index (κ3) is 2.69. The Bertz CT molecular complexity index is 756. The van der Waals surface area contributed by atoms with Gasteiger partial charge in [0.1, 0.15) is 6.10 Å². The molecule has 6 nitrogen and oxygen atoms in total. The van der Waals surface area contributed by atoms with E-state index in [1.165, 1.54) is 0 Å². The number of carbonyl (C=O) groups is 3. The van der Waals surface area contributed by atoms with E-state index < -0.39 is 11.9 Å². The lowest BCUT2D eigenvalue weighted by molar-refractivity contribution is -0.157. The Morgan fingerprint density at radius 1 is 1.28 bits per heavy atom. The lowest BCUT2D eigenvalue weighted by atomic mass is 9.80. The number of amides is 1. The van der Waals surface area contributed by atoms with Crippen molar-refractivity contribution in [1.82, 2.24) is 0 Å². The number of rotatable bonds is 4. The molecule has 1 aromatic carbocycles. The summed E-state index contributed by atoms with van der Waals surface area (Å²) in [6.07, 6.45) is 1.57. The molecule has 5 atom stereocenters. The zero-order valence-corrected chi connectivity index (χ0v) is 14.3. The van der Waals surface area contributed by atoms with Crippen LogP contribution in [0.25, 0.3) is 0 Å². The van der Waals surface area contributed by atoms with E-state index >= 15 is 0 Å². The number of hydrogen-bond acceptors (Lipinski definition) is 5. The summed E-state index contributed by atoms with van der Waals surface area (Å²) in [4.78, 5) is 36.4. The molecule has 0 radical (unpaired) electrons. The topological polar surface area (TPSA) is 81.7 Å². The molecule has 0 unspecified atom stereocenters. The minimum atomic E-state index is -0.454. The first-order valence-electron chi connectivity index (χ1n) is 8.68. The first-order valence-corrected chi connectivity index (χ1v) is 8.68. The molecule has 2 saturated carbocycles. The molecule has 1 heterocycles. The van der Waals surface area contributed by atoms with Crippen LogP contribution in [-0.4, -0.2) is 30.6 Å². The lowest BCUT2D eigenvalue weighted by Gasteiger charge is -2.22. The average Bonchev–Trinajstić information content (AvgIpc) is 3.17. The molecule has 0 aromatic heterocycles. The summed E-state index contributed by atoms with van der Waals surface area (Å²) in [6.45, 7) is 3.55. The summed E-state index contributed by atoms with van der Waals surface area (Å²) in [5.74, 6) is -1.65. The van der Waals surface area contributed by atoms with Gasteiger partial charge in [-0.2, -0.15) is 0 Å². The number of fused-ring (bicyclic) bond motifs is 1. The highest BCUT2D eigenvalue weighted by molar-refractivity contribution is 5.94. The van der Waals surface area contributed by atoms with Crippen LogP contribution in [0.4, 0.5) is 5.69 Å². The van der Waals surface area contributed by atoms with Crippen LogP contribution >= 0.6 is 0 Å². The van der Waals surface area contributed by atoms with Crippen LogP contribution < -0.4 is 5.32 Å². The van der Waals surface area contributed by atoms with Crippen LogP contribution in [-0.2, 0) is 23.9 Å². The molecule has 0 spiro atoms. The highest BCUT2D eigenvalue weighted by atomic mass is 16.6. The van der Waals surface area contributed by atoms with Gasteiger partial charge < -0.3 is 14.8 Å². The van der Waals surface area contributed by atoms with E-state index in [1.807, 2.05) is 32.0 Å². The standard InChI is InChI=1S/C19H21NO5/c1-9-3-4-13(10(2)5-9)20-15(21)8-24-18(22)16-11-6-12-14(7-11)25-19(23)17(12)16/h3-5,11-12,14,16-17H,6-8H2,1-2H3,(H,20,21)/t11-,12-,14-,16+,17+/m1/s1. The molecular formula is C19H21NO5. The molecule has 1 N–H and O–H groups in total. The fraction of sp³-hybridized carbons (Fsp3) is 0.526. The summed E-state index contributed by atoms with van der Waals surface area (Å²) in [7, 11) is 0. The van der Waals surface area contributed by atoms with Gasteiger partial charge in [0.05, 0.1) is 11.8 Å². The normalized spacial score (nSPS) is 31.8. The maximum Gasteiger partial charge on any atom is 0.310 e. The summed E-state index contributed by atoms with van der Waals surface area (Å²) in [5, 5.41) is 2.75. The number of hydrogen-bond donors (Lipinski definition) is 1. The second-order valence-corrected chi connectivity index (χ2v) is 7.40. The lowest BCUT2D eigenvalue weighted by Crippen LogP contribution is -2.35. The van der Waals surface area contributed by atoms with Crippen molar-refractivity contribution in [1.29, 1.82) is 0 Å². The van der Waals surface area contributed by atoms with Crippen LogP contribution in [0.5, 0.6) is 0 Å². The highest BCUT2D eigenvalue weighted by Crippen LogP contribution is 2.57. The first-order chi connectivity index (χ1) is 11.9. The van der Waals surface area contributed by atoms with Crippen molar-refractivity contribution < 1.29 is 23.9 Å². The van der Waals surface area contributed by atoms with E-state index in [4.69, 9.17) is 9.47 Å². The monoisotopic (exact) mass is 343 g/mol. The number of ether oxygens (including phenoxy) is 2. The summed E-state index contributed by atoms with van der Waals surface area (Å²) >= 11 is 0. The number of esters is 2. The van der Waals surface area contributed by atoms with Crippen molar-refractivity contribution in [2.24, 2.45) is 23.7 Å². The summed E-state index contributed by atoms with van der Waals surface area (Å²) in [6, 6.07) is 5.71. The Kier molecular flexibility index (Phi) is 3.78. The van der Waals surface area contributed by atoms with Gasteiger partial charge in [0.25, 0.3) is 5.91 Å². The summed E-state index contributed by atoms with van der Waals surface area (Å²) < 4.78 is 10.5. The van der Waals surface area contributed by atoms with Gasteiger partial charge in [-0.1, -0.05) is 17.7 Å². The second-order valence-electron chi connectivity index (χ2n) is 7.40. The maximum absolute atomic E-state index is 12.4. The molecule has 6 heteroatoms. The van der Waals surface area contributed by atoms with Crippen molar-refractivity contribution in [2.75, 3.05) is 11.9 Å². The van der Waals surface area contributed by atoms with Gasteiger partial charge in [-0.25, -0.2) is 0 Å². The molecule has 1 aromatic rings. The number of nitrogens with one attached hydrogen (secondary N) is 1. The van der Waals surface area contributed by atoms with Crippen molar-refractivity contribution in [3.63, 3.8) is 0 Å². The Labute approximate surface area is 145 Å². The van der Waals surface area contributed by atoms with E-state index in [2.05, 4.69) is 5.32 Å². The quantitative estimate of drug-likeness (QED) is 0.846. The van der Waals surface area contributed by atoms with Crippen LogP contribution in [0, 0.1) is 37.5 Å². The first kappa shape index (κ1) is 16.1. The molecule has 2 bridgehead atoms. The molecule has 3 aliphatic rings. The predicted molar refractivity (Wildman–Crippen MR) is 88.6 cm³/mol. The Morgan fingerprint density at radius 2 is 2.08 bits per heavy atom. The van der Waals surface area contributed by atoms with E-state index in [0.717, 1.165) is 24.0 Å². The smallest absolute Gasteiger partial charge is 0.310 e. The van der Waals surface area contributed by atoms with Gasteiger partial charge in [-0.15, -0.1) is 0 Å². The molecule has 2 aliphatic carbocycles. The van der Waals surface area contributed by atoms with E-state index in [9.17, 15) is 14.4 Å². The van der Waals surface area contributed by atoms with Crippen LogP contribution in [0.1, 0.15) is 24.0 Å². The van der Waals surface area contributed by atoms with Gasteiger partial charge >= 0.3 is 11.9 Å². The molecule has 3 fully saturated rings. The van der Waals surface area contributed by atoms with Crippen LogP contribution in [0.3, 0.4) is 0 Å². The molecule has 4 rings (SSSR count). The predicted octanol–water partition coefficient (Wildman–Crippen LogP) is 1.98. The molecule has 1 amide bonds. The third-order valence-electron chi connectivity index (χ3n) is 5.76. The number of anilines is 1. The fourth-order valence-electron chi connectivity index (χ4n) is 4.70. The Morgan fingerprint density at radius 3 is 2.84 bits per heavy atom. The number of carbonyl (C=O) groups excluding carboxylic acids is 3. The van der Waals surface area contributed by atoms with Gasteiger partial charge in [0, 0.05) is 11.6 Å². The minimum absolute atomic E-state index is 0.0145. The van der Waals surface area contributed by atoms with Gasteiger partial charge in [-0.05, 0) is 44.2 Å². The zero-order chi connectivity index (χ0) is 17.7. The van der Waals surface area contributed by atoms with Gasteiger partial charge in [-0.3, -0.25) is 14.4 Å². The second kappa shape index (κ2) is 5.86. The van der Waals surface area contributed by atoms with E-state index in [0.29, 0.717) is 5.69 Å². The maximum atomic E-state index is 12.4. The van der Waals surface area contributed by atoms with Crippen LogP contribution in [0.15, 0.2) is 18.2 Å². The van der Waals surface area contributed by atoms with E-state index in [-0.39, 0.29) is 42.3 Å². The number of aryl methyl sites for hydroxylation is 2. The van der Waals surface area contributed by atoms with E-state index in [1.54, 1.807) is 0 Å². The van der Waals surface area contributed by atoms with Crippen molar-refractivity contribution >= 4 is 23.5 Å². The summed E-state index contributed by atoms with van der Waals surface area (Å²) in [5.41, 5.74) is 2.77. The fourth-order valence-corrected chi connectivity index (χ4v) is 4.70. The number of benzene rings is 1. The highest BCUT2D eigenvalue weighted by Gasteiger charge is 2.64. The molecule has 132 valence electrons. The Hall–Kier alpha value is -2.37. The largest absolute Gasteiger partial charge is 0.462 e. The third-order valence-corrected chi connectivity index (χ3v) is 5.76. The zero-order valence-electron chi connectivity index (χ0n) is 14.3. The minimum Gasteiger partial charge on any atom is -0.462 e.